The summed E-state index contributed by atoms with van der Waals surface area (Å²) in [4.78, 5) is 14.2. The van der Waals surface area contributed by atoms with Crippen LogP contribution in [0.3, 0.4) is 0 Å². The number of imidazole rings is 1. The number of fused-ring (bicyclic) bond motifs is 1. The summed E-state index contributed by atoms with van der Waals surface area (Å²) in [5.41, 5.74) is 2.33. The van der Waals surface area contributed by atoms with Crippen molar-refractivity contribution >= 4 is 28.7 Å². The standard InChI is InChI=1S/C21H25N5O4S/c1-12-2-4-14(5-3-12)31-9-15-17(27)18(28)21(30-15)26-11-24-16-19(22-10-23-20(16)26)25-13-6-7-29-8-13/h2-5,10-11,13,15,17-18,21,27-28H,6-9H2,1H3,(H,22,23,25)/t13-,15-,17+,18+,21-/m1/s1. The van der Waals surface area contributed by atoms with Gasteiger partial charge in [0.2, 0.25) is 0 Å². The van der Waals surface area contributed by atoms with E-state index in [9.17, 15) is 10.2 Å². The molecule has 3 N–H and O–H groups in total. The van der Waals surface area contributed by atoms with Gasteiger partial charge in [-0.2, -0.15) is 0 Å². The SMILES string of the molecule is Cc1ccc(SC[C@H]2O[C@@H](n3cnc4c(N[C@@H]5CCOC5)ncnc43)[C@@H](O)[C@H]2O)cc1. The number of rotatable bonds is 6. The zero-order valence-electron chi connectivity index (χ0n) is 17.1. The van der Waals surface area contributed by atoms with Crippen molar-refractivity contribution in [1.82, 2.24) is 19.5 Å². The van der Waals surface area contributed by atoms with Gasteiger partial charge in [0.15, 0.2) is 23.2 Å². The van der Waals surface area contributed by atoms with Crippen LogP contribution in [0.25, 0.3) is 11.2 Å². The molecule has 0 bridgehead atoms. The average molecular weight is 444 g/mol. The molecule has 2 aliphatic heterocycles. The molecule has 3 aromatic rings. The summed E-state index contributed by atoms with van der Waals surface area (Å²) in [6.45, 7) is 3.40. The van der Waals surface area contributed by atoms with E-state index in [0.29, 0.717) is 29.3 Å². The van der Waals surface area contributed by atoms with Gasteiger partial charge in [-0.25, -0.2) is 15.0 Å². The van der Waals surface area contributed by atoms with Crippen LogP contribution in [-0.2, 0) is 9.47 Å². The van der Waals surface area contributed by atoms with E-state index < -0.39 is 24.5 Å². The first-order valence-electron chi connectivity index (χ1n) is 10.3. The summed E-state index contributed by atoms with van der Waals surface area (Å²) >= 11 is 1.59. The van der Waals surface area contributed by atoms with Crippen molar-refractivity contribution in [2.45, 2.75) is 48.8 Å². The molecule has 0 unspecified atom stereocenters. The topological polar surface area (TPSA) is 115 Å². The third-order valence-corrected chi connectivity index (χ3v) is 6.78. The van der Waals surface area contributed by atoms with Crippen molar-refractivity contribution in [2.75, 3.05) is 24.3 Å². The maximum absolute atomic E-state index is 10.7. The molecule has 9 nitrogen and oxygen atoms in total. The number of aliphatic hydroxyl groups excluding tert-OH is 2. The first kappa shape index (κ1) is 20.7. The van der Waals surface area contributed by atoms with Crippen molar-refractivity contribution in [2.24, 2.45) is 0 Å². The van der Waals surface area contributed by atoms with Crippen molar-refractivity contribution in [3.05, 3.63) is 42.5 Å². The quantitative estimate of drug-likeness (QED) is 0.490. The summed E-state index contributed by atoms with van der Waals surface area (Å²) in [5.74, 6) is 1.15. The van der Waals surface area contributed by atoms with E-state index in [-0.39, 0.29) is 6.04 Å². The molecule has 4 heterocycles. The number of nitrogens with one attached hydrogen (secondary N) is 1. The second kappa shape index (κ2) is 8.71. The Morgan fingerprint density at radius 1 is 1.16 bits per heavy atom. The lowest BCUT2D eigenvalue weighted by atomic mass is 10.1. The van der Waals surface area contributed by atoms with Gasteiger partial charge >= 0.3 is 0 Å². The van der Waals surface area contributed by atoms with Crippen molar-refractivity contribution in [1.29, 1.82) is 0 Å². The fraction of sp³-hybridized carbons (Fsp3) is 0.476. The maximum Gasteiger partial charge on any atom is 0.167 e. The number of anilines is 1. The first-order valence-corrected chi connectivity index (χ1v) is 11.3. The van der Waals surface area contributed by atoms with Crippen LogP contribution in [0.2, 0.25) is 0 Å². The molecule has 5 atom stereocenters. The Bertz CT molecular complexity index is 1040. The molecule has 2 saturated heterocycles. The lowest BCUT2D eigenvalue weighted by Gasteiger charge is -2.17. The zero-order chi connectivity index (χ0) is 21.4. The molecule has 5 rings (SSSR count). The van der Waals surface area contributed by atoms with Crippen LogP contribution in [0, 0.1) is 6.92 Å². The number of hydrogen-bond donors (Lipinski definition) is 3. The minimum absolute atomic E-state index is 0.182. The number of ether oxygens (including phenoxy) is 2. The molecule has 31 heavy (non-hydrogen) atoms. The molecule has 0 radical (unpaired) electrons. The molecule has 0 spiro atoms. The van der Waals surface area contributed by atoms with E-state index in [1.54, 1.807) is 22.7 Å². The second-order valence-corrected chi connectivity index (χ2v) is 9.01. The third-order valence-electron chi connectivity index (χ3n) is 5.68. The minimum Gasteiger partial charge on any atom is -0.387 e. The lowest BCUT2D eigenvalue weighted by molar-refractivity contribution is -0.0289. The Kier molecular flexibility index (Phi) is 5.81. The number of thioether (sulfide) groups is 1. The van der Waals surface area contributed by atoms with E-state index in [4.69, 9.17) is 9.47 Å². The van der Waals surface area contributed by atoms with Gasteiger partial charge in [0, 0.05) is 17.3 Å². The molecule has 164 valence electrons. The van der Waals surface area contributed by atoms with Gasteiger partial charge in [-0.15, -0.1) is 11.8 Å². The first-order chi connectivity index (χ1) is 15.1. The second-order valence-electron chi connectivity index (χ2n) is 7.92. The zero-order valence-corrected chi connectivity index (χ0v) is 17.9. The van der Waals surface area contributed by atoms with Crippen LogP contribution in [0.1, 0.15) is 18.2 Å². The summed E-state index contributed by atoms with van der Waals surface area (Å²) < 4.78 is 13.1. The predicted octanol–water partition coefficient (Wildman–Crippen LogP) is 1.75. The van der Waals surface area contributed by atoms with Crippen LogP contribution in [0.15, 0.2) is 41.8 Å². The smallest absolute Gasteiger partial charge is 0.167 e. The van der Waals surface area contributed by atoms with Gasteiger partial charge in [0.25, 0.3) is 0 Å². The van der Waals surface area contributed by atoms with Gasteiger partial charge in [-0.05, 0) is 25.5 Å². The highest BCUT2D eigenvalue weighted by Gasteiger charge is 2.44. The highest BCUT2D eigenvalue weighted by Crippen LogP contribution is 2.35. The predicted molar refractivity (Wildman–Crippen MR) is 116 cm³/mol. The Morgan fingerprint density at radius 2 is 2.00 bits per heavy atom. The molecule has 0 saturated carbocycles. The Hall–Kier alpha value is -2.24. The van der Waals surface area contributed by atoms with Crippen LogP contribution in [0.5, 0.6) is 0 Å². The molecular formula is C21H25N5O4S. The van der Waals surface area contributed by atoms with E-state index in [1.807, 2.05) is 31.2 Å². The maximum atomic E-state index is 10.7. The molecule has 2 fully saturated rings. The van der Waals surface area contributed by atoms with Crippen LogP contribution >= 0.6 is 11.8 Å². The molecular weight excluding hydrogens is 418 g/mol. The Labute approximate surface area is 183 Å². The lowest BCUT2D eigenvalue weighted by Crippen LogP contribution is -2.32. The molecule has 10 heteroatoms. The van der Waals surface area contributed by atoms with E-state index in [1.165, 1.54) is 11.9 Å². The highest BCUT2D eigenvalue weighted by molar-refractivity contribution is 7.99. The molecule has 0 amide bonds. The monoisotopic (exact) mass is 443 g/mol. The minimum atomic E-state index is -1.09. The number of benzene rings is 1. The van der Waals surface area contributed by atoms with Gasteiger partial charge in [0.05, 0.1) is 25.1 Å². The van der Waals surface area contributed by atoms with Crippen LogP contribution < -0.4 is 5.32 Å². The van der Waals surface area contributed by atoms with Gasteiger partial charge < -0.3 is 25.0 Å². The molecule has 2 aliphatic rings. The normalized spacial score (nSPS) is 28.4. The number of aryl methyl sites for hydroxylation is 1. The van der Waals surface area contributed by atoms with Crippen LogP contribution in [0.4, 0.5) is 5.82 Å². The Morgan fingerprint density at radius 3 is 2.77 bits per heavy atom. The summed E-state index contributed by atoms with van der Waals surface area (Å²) in [6, 6.07) is 8.36. The molecule has 0 aliphatic carbocycles. The van der Waals surface area contributed by atoms with Gasteiger partial charge in [-0.1, -0.05) is 17.7 Å². The van der Waals surface area contributed by atoms with Crippen molar-refractivity contribution in [3.8, 4) is 0 Å². The van der Waals surface area contributed by atoms with E-state index in [2.05, 4.69) is 20.3 Å². The van der Waals surface area contributed by atoms with Gasteiger partial charge in [-0.3, -0.25) is 4.57 Å². The highest BCUT2D eigenvalue weighted by atomic mass is 32.2. The number of nitrogens with zero attached hydrogens (tertiary/aromatic N) is 4. The Balaban J connectivity index is 1.33. The fourth-order valence-electron chi connectivity index (χ4n) is 3.90. The molecule has 2 aromatic heterocycles. The third kappa shape index (κ3) is 4.13. The summed E-state index contributed by atoms with van der Waals surface area (Å²) in [5, 5.41) is 24.6. The van der Waals surface area contributed by atoms with E-state index >= 15 is 0 Å². The fourth-order valence-corrected chi connectivity index (χ4v) is 4.86. The van der Waals surface area contributed by atoms with Crippen LogP contribution in [-0.4, -0.2) is 73.1 Å². The summed E-state index contributed by atoms with van der Waals surface area (Å²) in [6.07, 6.45) is 0.557. The average Bonchev–Trinajstić information content (AvgIpc) is 3.50. The number of aromatic nitrogens is 4. The largest absolute Gasteiger partial charge is 0.387 e. The van der Waals surface area contributed by atoms with Crippen molar-refractivity contribution in [3.63, 3.8) is 0 Å². The number of hydrogen-bond acceptors (Lipinski definition) is 9. The van der Waals surface area contributed by atoms with Crippen molar-refractivity contribution < 1.29 is 19.7 Å². The molecule has 1 aromatic carbocycles. The van der Waals surface area contributed by atoms with E-state index in [0.717, 1.165) is 17.9 Å². The summed E-state index contributed by atoms with van der Waals surface area (Å²) in [7, 11) is 0. The van der Waals surface area contributed by atoms with Gasteiger partial charge in [0.1, 0.15) is 18.5 Å². The number of aliphatic hydroxyl groups is 2.